The molecule has 1 heterocycles. The van der Waals surface area contributed by atoms with E-state index in [-0.39, 0.29) is 12.3 Å². The molecule has 84 valence electrons. The third-order valence-electron chi connectivity index (χ3n) is 2.09. The number of ether oxygens (including phenoxy) is 1. The van der Waals surface area contributed by atoms with Gasteiger partial charge in [0.15, 0.2) is 0 Å². The molecule has 0 amide bonds. The van der Waals surface area contributed by atoms with Gasteiger partial charge >= 0.3 is 0 Å². The second kappa shape index (κ2) is 4.18. The van der Waals surface area contributed by atoms with E-state index in [9.17, 15) is 4.39 Å². The van der Waals surface area contributed by atoms with Crippen LogP contribution < -0.4 is 10.5 Å². The molecule has 1 aromatic heterocycles. The topological polar surface area (TPSA) is 74.2 Å². The van der Waals surface area contributed by atoms with Crippen molar-refractivity contribution in [2.45, 2.75) is 13.5 Å². The number of anilines is 1. The Morgan fingerprint density at radius 3 is 2.88 bits per heavy atom. The first-order valence-corrected chi connectivity index (χ1v) is 4.62. The number of rotatable bonds is 3. The molecule has 1 aromatic carbocycles. The molecule has 5 nitrogen and oxygen atoms in total. The summed E-state index contributed by atoms with van der Waals surface area (Å²) in [6.45, 7) is 1.93. The average Bonchev–Trinajstić information content (AvgIpc) is 2.66. The van der Waals surface area contributed by atoms with Gasteiger partial charge in [0.2, 0.25) is 0 Å². The van der Waals surface area contributed by atoms with Crippen LogP contribution in [0.2, 0.25) is 0 Å². The minimum atomic E-state index is -0.507. The van der Waals surface area contributed by atoms with E-state index in [4.69, 9.17) is 10.5 Å². The fraction of sp³-hybridized carbons (Fsp3) is 0.200. The van der Waals surface area contributed by atoms with Gasteiger partial charge in [0.1, 0.15) is 29.6 Å². The van der Waals surface area contributed by atoms with Crippen molar-refractivity contribution < 1.29 is 13.8 Å². The number of halogens is 1. The minimum absolute atomic E-state index is 0.0895. The quantitative estimate of drug-likeness (QED) is 0.801. The number of aryl methyl sites for hydroxylation is 1. The van der Waals surface area contributed by atoms with Gasteiger partial charge in [-0.05, 0) is 19.1 Å². The molecule has 0 atom stereocenters. The van der Waals surface area contributed by atoms with Gasteiger partial charge in [0.05, 0.1) is 5.69 Å². The normalized spacial score (nSPS) is 10.4. The van der Waals surface area contributed by atoms with Crippen LogP contribution in [0.3, 0.4) is 0 Å². The van der Waals surface area contributed by atoms with Gasteiger partial charge < -0.3 is 10.5 Å². The first kappa shape index (κ1) is 10.4. The first-order valence-electron chi connectivity index (χ1n) is 4.62. The predicted octanol–water partition coefficient (Wildman–Crippen LogP) is 1.68. The lowest BCUT2D eigenvalue weighted by Gasteiger charge is -2.04. The molecule has 0 saturated heterocycles. The van der Waals surface area contributed by atoms with Gasteiger partial charge in [-0.15, -0.1) is 0 Å². The van der Waals surface area contributed by atoms with Crippen LogP contribution in [0.15, 0.2) is 22.8 Å². The molecule has 0 bridgehead atoms. The van der Waals surface area contributed by atoms with E-state index < -0.39 is 5.82 Å². The second-order valence-electron chi connectivity index (χ2n) is 3.27. The molecule has 2 rings (SSSR count). The monoisotopic (exact) mass is 223 g/mol. The van der Waals surface area contributed by atoms with Gasteiger partial charge in [-0.3, -0.25) is 0 Å². The van der Waals surface area contributed by atoms with Crippen molar-refractivity contribution >= 4 is 5.69 Å². The van der Waals surface area contributed by atoms with Crippen LogP contribution in [0, 0.1) is 12.7 Å². The largest absolute Gasteiger partial charge is 0.487 e. The summed E-state index contributed by atoms with van der Waals surface area (Å²) in [5.41, 5.74) is 6.65. The minimum Gasteiger partial charge on any atom is -0.487 e. The van der Waals surface area contributed by atoms with Crippen molar-refractivity contribution in [2.24, 2.45) is 0 Å². The SMILES string of the molecule is Cc1nonc1COc1ccc(N)c(F)c1. The van der Waals surface area contributed by atoms with E-state index in [0.717, 1.165) is 0 Å². The number of benzene rings is 1. The molecular formula is C10H10FN3O2. The lowest BCUT2D eigenvalue weighted by molar-refractivity contribution is 0.269. The predicted molar refractivity (Wildman–Crippen MR) is 54.2 cm³/mol. The molecule has 2 N–H and O–H groups in total. The van der Waals surface area contributed by atoms with E-state index >= 15 is 0 Å². The van der Waals surface area contributed by atoms with Crippen molar-refractivity contribution in [1.29, 1.82) is 0 Å². The Labute approximate surface area is 91.0 Å². The van der Waals surface area contributed by atoms with Gasteiger partial charge in [0, 0.05) is 6.07 Å². The van der Waals surface area contributed by atoms with Crippen molar-refractivity contribution in [1.82, 2.24) is 10.3 Å². The molecule has 0 aliphatic carbocycles. The van der Waals surface area contributed by atoms with Gasteiger partial charge in [0.25, 0.3) is 0 Å². The first-order chi connectivity index (χ1) is 7.66. The zero-order valence-corrected chi connectivity index (χ0v) is 8.61. The van der Waals surface area contributed by atoms with Crippen molar-refractivity contribution in [3.63, 3.8) is 0 Å². The highest BCUT2D eigenvalue weighted by Gasteiger charge is 2.06. The maximum atomic E-state index is 13.1. The summed E-state index contributed by atoms with van der Waals surface area (Å²) in [6.07, 6.45) is 0. The Kier molecular flexibility index (Phi) is 2.72. The fourth-order valence-corrected chi connectivity index (χ4v) is 1.13. The van der Waals surface area contributed by atoms with Crippen molar-refractivity contribution in [3.8, 4) is 5.75 Å². The summed E-state index contributed by atoms with van der Waals surface area (Å²) in [5, 5.41) is 7.24. The van der Waals surface area contributed by atoms with E-state index in [0.29, 0.717) is 17.1 Å². The maximum Gasteiger partial charge on any atom is 0.149 e. The fourth-order valence-electron chi connectivity index (χ4n) is 1.13. The van der Waals surface area contributed by atoms with E-state index in [1.165, 1.54) is 12.1 Å². The lowest BCUT2D eigenvalue weighted by atomic mass is 10.3. The average molecular weight is 223 g/mol. The zero-order valence-electron chi connectivity index (χ0n) is 8.61. The van der Waals surface area contributed by atoms with E-state index in [1.54, 1.807) is 13.0 Å². The number of hydrogen-bond donors (Lipinski definition) is 1. The molecule has 0 radical (unpaired) electrons. The van der Waals surface area contributed by atoms with Gasteiger partial charge in [-0.2, -0.15) is 0 Å². The number of aromatic nitrogens is 2. The van der Waals surface area contributed by atoms with Crippen LogP contribution in [0.1, 0.15) is 11.4 Å². The summed E-state index contributed by atoms with van der Waals surface area (Å²) >= 11 is 0. The summed E-state index contributed by atoms with van der Waals surface area (Å²) in [5.74, 6) is -0.124. The van der Waals surface area contributed by atoms with E-state index in [2.05, 4.69) is 14.9 Å². The Hall–Kier alpha value is -2.11. The third kappa shape index (κ3) is 2.10. The highest BCUT2D eigenvalue weighted by atomic mass is 19.1. The van der Waals surface area contributed by atoms with Crippen LogP contribution in [0.4, 0.5) is 10.1 Å². The molecule has 0 saturated carbocycles. The van der Waals surface area contributed by atoms with Crippen LogP contribution in [-0.2, 0) is 6.61 Å². The molecule has 0 fully saturated rings. The molecule has 16 heavy (non-hydrogen) atoms. The Balaban J connectivity index is 2.05. The maximum absolute atomic E-state index is 13.1. The summed E-state index contributed by atoms with van der Waals surface area (Å²) < 4.78 is 22.9. The molecule has 0 aliphatic heterocycles. The number of nitrogens with two attached hydrogens (primary N) is 1. The van der Waals surface area contributed by atoms with Crippen LogP contribution in [-0.4, -0.2) is 10.3 Å². The molecule has 6 heteroatoms. The molecule has 0 unspecified atom stereocenters. The Bertz CT molecular complexity index is 499. The zero-order chi connectivity index (χ0) is 11.5. The third-order valence-corrected chi connectivity index (χ3v) is 2.09. The molecular weight excluding hydrogens is 213 g/mol. The number of hydrogen-bond acceptors (Lipinski definition) is 5. The van der Waals surface area contributed by atoms with Crippen LogP contribution in [0.25, 0.3) is 0 Å². The second-order valence-corrected chi connectivity index (χ2v) is 3.27. The molecule has 2 aromatic rings. The van der Waals surface area contributed by atoms with Crippen LogP contribution in [0.5, 0.6) is 5.75 Å². The van der Waals surface area contributed by atoms with Gasteiger partial charge in [-0.25, -0.2) is 9.02 Å². The van der Waals surface area contributed by atoms with Crippen molar-refractivity contribution in [3.05, 3.63) is 35.4 Å². The highest BCUT2D eigenvalue weighted by molar-refractivity contribution is 5.43. The Morgan fingerprint density at radius 1 is 1.44 bits per heavy atom. The van der Waals surface area contributed by atoms with E-state index in [1.807, 2.05) is 0 Å². The highest BCUT2D eigenvalue weighted by Crippen LogP contribution is 2.19. The molecule has 0 aliphatic rings. The molecule has 0 spiro atoms. The van der Waals surface area contributed by atoms with Crippen molar-refractivity contribution in [2.75, 3.05) is 5.73 Å². The number of nitrogens with zero attached hydrogens (tertiary/aromatic N) is 2. The summed E-state index contributed by atoms with van der Waals surface area (Å²) in [7, 11) is 0. The van der Waals surface area contributed by atoms with Crippen LogP contribution >= 0.6 is 0 Å². The Morgan fingerprint density at radius 2 is 2.25 bits per heavy atom. The van der Waals surface area contributed by atoms with Gasteiger partial charge in [-0.1, -0.05) is 10.3 Å². The smallest absolute Gasteiger partial charge is 0.149 e. The lowest BCUT2D eigenvalue weighted by Crippen LogP contribution is -1.99. The summed E-state index contributed by atoms with van der Waals surface area (Å²) in [4.78, 5) is 0. The number of nitrogen functional groups attached to an aromatic ring is 1. The standard InChI is InChI=1S/C10H10FN3O2/c1-6-10(14-16-13-6)5-15-7-2-3-9(12)8(11)4-7/h2-4H,5,12H2,1H3. The summed E-state index contributed by atoms with van der Waals surface area (Å²) in [6, 6.07) is 4.25.